The van der Waals surface area contributed by atoms with Crippen LogP contribution in [0.1, 0.15) is 15.9 Å². The van der Waals surface area contributed by atoms with Gasteiger partial charge in [-0.2, -0.15) is 0 Å². The maximum atomic E-state index is 12.0. The van der Waals surface area contributed by atoms with E-state index in [1.807, 2.05) is 31.2 Å². The van der Waals surface area contributed by atoms with Crippen molar-refractivity contribution >= 4 is 11.6 Å². The molecule has 0 aliphatic rings. The maximum absolute atomic E-state index is 12.0. The van der Waals surface area contributed by atoms with Crippen molar-refractivity contribution < 1.29 is 14.6 Å². The molecular weight excluding hydrogens is 242 g/mol. The van der Waals surface area contributed by atoms with Crippen LogP contribution in [0.15, 0.2) is 42.5 Å². The van der Waals surface area contributed by atoms with Gasteiger partial charge in [-0.3, -0.25) is 4.79 Å². The molecule has 0 fully saturated rings. The lowest BCUT2D eigenvalue weighted by molar-refractivity contribution is 0.102. The molecule has 0 heterocycles. The third-order valence-electron chi connectivity index (χ3n) is 2.76. The summed E-state index contributed by atoms with van der Waals surface area (Å²) in [7, 11) is 1.50. The van der Waals surface area contributed by atoms with E-state index in [0.717, 1.165) is 5.56 Å². The Kier molecular flexibility index (Phi) is 3.71. The van der Waals surface area contributed by atoms with E-state index in [1.165, 1.54) is 19.2 Å². The smallest absolute Gasteiger partial charge is 0.259 e. The van der Waals surface area contributed by atoms with Crippen LogP contribution in [0.2, 0.25) is 0 Å². The van der Waals surface area contributed by atoms with Crippen molar-refractivity contribution in [3.05, 3.63) is 53.6 Å². The molecule has 0 unspecified atom stereocenters. The molecule has 2 aromatic carbocycles. The van der Waals surface area contributed by atoms with E-state index in [2.05, 4.69) is 5.32 Å². The summed E-state index contributed by atoms with van der Waals surface area (Å²) in [5, 5.41) is 12.5. The van der Waals surface area contributed by atoms with E-state index in [1.54, 1.807) is 6.07 Å². The largest absolute Gasteiger partial charge is 0.507 e. The number of amides is 1. The summed E-state index contributed by atoms with van der Waals surface area (Å²) in [6.45, 7) is 1.97. The molecule has 19 heavy (non-hydrogen) atoms. The fourth-order valence-electron chi connectivity index (χ4n) is 1.67. The lowest BCUT2D eigenvalue weighted by Crippen LogP contribution is -2.12. The topological polar surface area (TPSA) is 58.6 Å². The highest BCUT2D eigenvalue weighted by Crippen LogP contribution is 2.24. The number of nitrogens with one attached hydrogen (secondary N) is 1. The fourth-order valence-corrected chi connectivity index (χ4v) is 1.67. The van der Waals surface area contributed by atoms with E-state index in [0.29, 0.717) is 11.4 Å². The van der Waals surface area contributed by atoms with Gasteiger partial charge in [0.05, 0.1) is 12.7 Å². The van der Waals surface area contributed by atoms with Crippen LogP contribution in [-0.2, 0) is 0 Å². The van der Waals surface area contributed by atoms with Crippen LogP contribution in [0.5, 0.6) is 11.5 Å². The van der Waals surface area contributed by atoms with Gasteiger partial charge in [-0.1, -0.05) is 17.7 Å². The van der Waals surface area contributed by atoms with Crippen molar-refractivity contribution in [1.82, 2.24) is 0 Å². The molecule has 98 valence electrons. The van der Waals surface area contributed by atoms with Crippen molar-refractivity contribution in [2.45, 2.75) is 6.92 Å². The van der Waals surface area contributed by atoms with Gasteiger partial charge in [0.1, 0.15) is 11.5 Å². The molecule has 0 spiro atoms. The van der Waals surface area contributed by atoms with Gasteiger partial charge in [-0.15, -0.1) is 0 Å². The first kappa shape index (κ1) is 13.0. The summed E-state index contributed by atoms with van der Waals surface area (Å²) in [6, 6.07) is 12.0. The normalized spacial score (nSPS) is 10.0. The van der Waals surface area contributed by atoms with Crippen LogP contribution in [0.3, 0.4) is 0 Å². The van der Waals surface area contributed by atoms with Gasteiger partial charge in [0.15, 0.2) is 0 Å². The summed E-state index contributed by atoms with van der Waals surface area (Å²) in [6.07, 6.45) is 0. The molecule has 4 heteroatoms. The van der Waals surface area contributed by atoms with Gasteiger partial charge in [0, 0.05) is 11.8 Å². The van der Waals surface area contributed by atoms with E-state index < -0.39 is 0 Å². The predicted molar refractivity (Wildman–Crippen MR) is 73.8 cm³/mol. The molecule has 2 rings (SSSR count). The molecule has 0 saturated heterocycles. The first-order valence-electron chi connectivity index (χ1n) is 5.85. The first-order chi connectivity index (χ1) is 9.10. The second kappa shape index (κ2) is 5.44. The SMILES string of the molecule is COc1ccc(C(=O)Nc2ccc(C)cc2)c(O)c1. The monoisotopic (exact) mass is 257 g/mol. The number of phenolic OH excluding ortho intramolecular Hbond substituents is 1. The zero-order chi connectivity index (χ0) is 13.8. The maximum Gasteiger partial charge on any atom is 0.259 e. The minimum Gasteiger partial charge on any atom is -0.507 e. The zero-order valence-corrected chi connectivity index (χ0v) is 10.8. The summed E-state index contributed by atoms with van der Waals surface area (Å²) >= 11 is 0. The number of methoxy groups -OCH3 is 1. The van der Waals surface area contributed by atoms with Gasteiger partial charge in [0.2, 0.25) is 0 Å². The number of phenols is 1. The van der Waals surface area contributed by atoms with E-state index in [-0.39, 0.29) is 17.2 Å². The highest BCUT2D eigenvalue weighted by Gasteiger charge is 2.12. The Hall–Kier alpha value is -2.49. The number of rotatable bonds is 3. The summed E-state index contributed by atoms with van der Waals surface area (Å²) < 4.78 is 4.97. The van der Waals surface area contributed by atoms with Crippen molar-refractivity contribution in [2.24, 2.45) is 0 Å². The molecular formula is C15H15NO3. The predicted octanol–water partition coefficient (Wildman–Crippen LogP) is 2.96. The minimum absolute atomic E-state index is 0.107. The van der Waals surface area contributed by atoms with Crippen molar-refractivity contribution in [3.8, 4) is 11.5 Å². The molecule has 0 saturated carbocycles. The molecule has 0 radical (unpaired) electrons. The second-order valence-electron chi connectivity index (χ2n) is 4.20. The number of benzene rings is 2. The Bertz CT molecular complexity index is 591. The highest BCUT2D eigenvalue weighted by molar-refractivity contribution is 6.06. The number of carbonyl (C=O) groups is 1. The van der Waals surface area contributed by atoms with Gasteiger partial charge in [-0.25, -0.2) is 0 Å². The van der Waals surface area contributed by atoms with Crippen LogP contribution in [-0.4, -0.2) is 18.1 Å². The fraction of sp³-hybridized carbons (Fsp3) is 0.133. The first-order valence-corrected chi connectivity index (χ1v) is 5.85. The Morgan fingerprint density at radius 3 is 2.42 bits per heavy atom. The Labute approximate surface area is 111 Å². The molecule has 1 amide bonds. The van der Waals surface area contributed by atoms with Crippen molar-refractivity contribution in [3.63, 3.8) is 0 Å². The molecule has 2 aromatic rings. The number of ether oxygens (including phenoxy) is 1. The molecule has 0 aromatic heterocycles. The summed E-state index contributed by atoms with van der Waals surface area (Å²) in [5.74, 6) is 0.0392. The average Bonchev–Trinajstić information content (AvgIpc) is 2.41. The number of carbonyl (C=O) groups excluding carboxylic acids is 1. The Balaban J connectivity index is 2.18. The lowest BCUT2D eigenvalue weighted by Gasteiger charge is -2.08. The Morgan fingerprint density at radius 2 is 1.84 bits per heavy atom. The lowest BCUT2D eigenvalue weighted by atomic mass is 10.1. The molecule has 2 N–H and O–H groups in total. The summed E-state index contributed by atoms with van der Waals surface area (Å²) in [4.78, 5) is 12.0. The number of aryl methyl sites for hydroxylation is 1. The quantitative estimate of drug-likeness (QED) is 0.888. The molecule has 0 aliphatic carbocycles. The van der Waals surface area contributed by atoms with Gasteiger partial charge >= 0.3 is 0 Å². The standard InChI is InChI=1S/C15H15NO3/c1-10-3-5-11(6-4-10)16-15(18)13-8-7-12(19-2)9-14(13)17/h3-9,17H,1-2H3,(H,16,18). The second-order valence-corrected chi connectivity index (χ2v) is 4.20. The number of anilines is 1. The van der Waals surface area contributed by atoms with Gasteiger partial charge in [0.25, 0.3) is 5.91 Å². The molecule has 4 nitrogen and oxygen atoms in total. The van der Waals surface area contributed by atoms with Crippen LogP contribution < -0.4 is 10.1 Å². The minimum atomic E-state index is -0.357. The third kappa shape index (κ3) is 3.04. The average molecular weight is 257 g/mol. The Morgan fingerprint density at radius 1 is 1.16 bits per heavy atom. The number of hydrogen-bond donors (Lipinski definition) is 2. The highest BCUT2D eigenvalue weighted by atomic mass is 16.5. The molecule has 0 atom stereocenters. The van der Waals surface area contributed by atoms with E-state index in [9.17, 15) is 9.90 Å². The van der Waals surface area contributed by atoms with Crippen molar-refractivity contribution in [2.75, 3.05) is 12.4 Å². The van der Waals surface area contributed by atoms with Crippen molar-refractivity contribution in [1.29, 1.82) is 0 Å². The van der Waals surface area contributed by atoms with E-state index >= 15 is 0 Å². The number of aromatic hydroxyl groups is 1. The van der Waals surface area contributed by atoms with E-state index in [4.69, 9.17) is 4.74 Å². The zero-order valence-electron chi connectivity index (χ0n) is 10.8. The molecule has 0 aliphatic heterocycles. The van der Waals surface area contributed by atoms with Crippen LogP contribution in [0.4, 0.5) is 5.69 Å². The third-order valence-corrected chi connectivity index (χ3v) is 2.76. The van der Waals surface area contributed by atoms with Gasteiger partial charge in [-0.05, 0) is 31.2 Å². The number of hydrogen-bond acceptors (Lipinski definition) is 3. The van der Waals surface area contributed by atoms with Crippen LogP contribution >= 0.6 is 0 Å². The van der Waals surface area contributed by atoms with Crippen LogP contribution in [0.25, 0.3) is 0 Å². The summed E-state index contributed by atoms with van der Waals surface area (Å²) in [5.41, 5.74) is 2.01. The van der Waals surface area contributed by atoms with Gasteiger partial charge < -0.3 is 15.2 Å². The molecule has 0 bridgehead atoms. The van der Waals surface area contributed by atoms with Crippen LogP contribution in [0, 0.1) is 6.92 Å².